The number of nitrogens with zero attached hydrogens (tertiary/aromatic N) is 2. The molecule has 0 unspecified atom stereocenters. The van der Waals surface area contributed by atoms with E-state index in [4.69, 9.17) is 11.6 Å². The van der Waals surface area contributed by atoms with Gasteiger partial charge < -0.3 is 10.4 Å². The first-order valence-corrected chi connectivity index (χ1v) is 7.83. The van der Waals surface area contributed by atoms with Crippen LogP contribution in [-0.2, 0) is 13.0 Å². The van der Waals surface area contributed by atoms with Gasteiger partial charge in [0.2, 0.25) is 5.28 Å². The highest BCUT2D eigenvalue weighted by Crippen LogP contribution is 2.30. The van der Waals surface area contributed by atoms with Crippen molar-refractivity contribution in [3.05, 3.63) is 46.1 Å². The fourth-order valence-electron chi connectivity index (χ4n) is 2.09. The van der Waals surface area contributed by atoms with Crippen LogP contribution in [0.3, 0.4) is 0 Å². The molecular weight excluding hydrogens is 306 g/mol. The molecule has 0 bridgehead atoms. The van der Waals surface area contributed by atoms with Crippen LogP contribution >= 0.6 is 22.9 Å². The average Bonchev–Trinajstić information content (AvgIpc) is 2.89. The highest BCUT2D eigenvalue weighted by Gasteiger charge is 2.11. The maximum absolute atomic E-state index is 9.80. The Hall–Kier alpha value is -1.85. The number of halogens is 1. The largest absolute Gasteiger partial charge is 0.508 e. The Morgan fingerprint density at radius 2 is 2.10 bits per heavy atom. The van der Waals surface area contributed by atoms with E-state index in [9.17, 15) is 5.11 Å². The monoisotopic (exact) mass is 319 g/mol. The third kappa shape index (κ3) is 2.94. The van der Waals surface area contributed by atoms with E-state index in [1.807, 2.05) is 12.1 Å². The zero-order valence-corrected chi connectivity index (χ0v) is 13.0. The first-order valence-electron chi connectivity index (χ1n) is 6.64. The summed E-state index contributed by atoms with van der Waals surface area (Å²) in [5.41, 5.74) is 0.811. The number of fused-ring (bicyclic) bond motifs is 1. The lowest BCUT2D eigenvalue weighted by molar-refractivity contribution is 0.469. The number of phenolic OH excluding ortho intramolecular Hbond substituents is 1. The predicted octanol–water partition coefficient (Wildman–Crippen LogP) is 4.22. The zero-order chi connectivity index (χ0) is 14.8. The zero-order valence-electron chi connectivity index (χ0n) is 11.4. The van der Waals surface area contributed by atoms with Gasteiger partial charge in [-0.25, -0.2) is 9.97 Å². The lowest BCUT2D eigenvalue weighted by Gasteiger charge is -2.08. The third-order valence-electron chi connectivity index (χ3n) is 3.20. The van der Waals surface area contributed by atoms with Gasteiger partial charge in [-0.2, -0.15) is 0 Å². The number of hydrogen-bond acceptors (Lipinski definition) is 5. The van der Waals surface area contributed by atoms with Crippen molar-refractivity contribution in [2.24, 2.45) is 0 Å². The quantitative estimate of drug-likeness (QED) is 0.707. The SMILES string of the molecule is CCc1cc2c(NCc3ccccc3O)nc(Cl)nc2s1. The van der Waals surface area contributed by atoms with Crippen LogP contribution in [0.1, 0.15) is 17.4 Å². The lowest BCUT2D eigenvalue weighted by atomic mass is 10.2. The number of para-hydroxylation sites is 1. The second-order valence-electron chi connectivity index (χ2n) is 4.61. The second kappa shape index (κ2) is 5.87. The second-order valence-corrected chi connectivity index (χ2v) is 6.06. The molecule has 0 amide bonds. The molecule has 2 heterocycles. The first kappa shape index (κ1) is 14.1. The Labute approximate surface area is 131 Å². The predicted molar refractivity (Wildman–Crippen MR) is 87.2 cm³/mol. The highest BCUT2D eigenvalue weighted by molar-refractivity contribution is 7.18. The minimum atomic E-state index is 0.229. The summed E-state index contributed by atoms with van der Waals surface area (Å²) in [5, 5.41) is 14.2. The van der Waals surface area contributed by atoms with E-state index in [-0.39, 0.29) is 11.0 Å². The smallest absolute Gasteiger partial charge is 0.225 e. The van der Waals surface area contributed by atoms with E-state index in [0.29, 0.717) is 12.4 Å². The Morgan fingerprint density at radius 3 is 2.86 bits per heavy atom. The van der Waals surface area contributed by atoms with Crippen LogP contribution in [0.5, 0.6) is 5.75 Å². The summed E-state index contributed by atoms with van der Waals surface area (Å²) in [6.07, 6.45) is 0.956. The van der Waals surface area contributed by atoms with Crippen molar-refractivity contribution in [1.29, 1.82) is 0 Å². The molecule has 0 aliphatic carbocycles. The van der Waals surface area contributed by atoms with Gasteiger partial charge in [0.05, 0.1) is 5.39 Å². The van der Waals surface area contributed by atoms with Crippen LogP contribution in [0, 0.1) is 0 Å². The first-order chi connectivity index (χ1) is 10.2. The van der Waals surface area contributed by atoms with Gasteiger partial charge in [-0.3, -0.25) is 0 Å². The molecule has 1 aromatic carbocycles. The molecular formula is C15H14ClN3OS. The van der Waals surface area contributed by atoms with E-state index in [1.165, 1.54) is 4.88 Å². The summed E-state index contributed by atoms with van der Waals surface area (Å²) in [4.78, 5) is 10.6. The topological polar surface area (TPSA) is 58.0 Å². The van der Waals surface area contributed by atoms with Gasteiger partial charge in [0.15, 0.2) is 0 Å². The van der Waals surface area contributed by atoms with E-state index in [2.05, 4.69) is 28.3 Å². The van der Waals surface area contributed by atoms with E-state index >= 15 is 0 Å². The highest BCUT2D eigenvalue weighted by atomic mass is 35.5. The molecule has 0 atom stereocenters. The van der Waals surface area contributed by atoms with Crippen molar-refractivity contribution < 1.29 is 5.11 Å². The summed E-state index contributed by atoms with van der Waals surface area (Å²) in [6, 6.07) is 9.31. The third-order valence-corrected chi connectivity index (χ3v) is 4.55. The summed E-state index contributed by atoms with van der Waals surface area (Å²) in [5.74, 6) is 0.963. The van der Waals surface area contributed by atoms with Crippen molar-refractivity contribution in [1.82, 2.24) is 9.97 Å². The Morgan fingerprint density at radius 1 is 1.29 bits per heavy atom. The van der Waals surface area contributed by atoms with Crippen LogP contribution < -0.4 is 5.32 Å². The lowest BCUT2D eigenvalue weighted by Crippen LogP contribution is -2.02. The van der Waals surface area contributed by atoms with Gasteiger partial charge >= 0.3 is 0 Å². The van der Waals surface area contributed by atoms with E-state index in [0.717, 1.165) is 22.2 Å². The standard InChI is InChI=1S/C15H14ClN3OS/c1-2-10-7-11-13(18-15(16)19-14(11)21-10)17-8-9-5-3-4-6-12(9)20/h3-7,20H,2,8H2,1H3,(H,17,18,19). The summed E-state index contributed by atoms with van der Waals surface area (Å²) in [7, 11) is 0. The molecule has 0 spiro atoms. The molecule has 108 valence electrons. The van der Waals surface area contributed by atoms with Gasteiger partial charge in [0.1, 0.15) is 16.4 Å². The molecule has 2 aromatic heterocycles. The van der Waals surface area contributed by atoms with Crippen LogP contribution in [0.15, 0.2) is 30.3 Å². The number of phenols is 1. The molecule has 6 heteroatoms. The average molecular weight is 320 g/mol. The van der Waals surface area contributed by atoms with E-state index < -0.39 is 0 Å². The van der Waals surface area contributed by atoms with E-state index in [1.54, 1.807) is 23.5 Å². The molecule has 3 aromatic rings. The number of thiophene rings is 1. The Kier molecular flexibility index (Phi) is 3.94. The minimum Gasteiger partial charge on any atom is -0.508 e. The van der Waals surface area contributed by atoms with Crippen LogP contribution in [0.25, 0.3) is 10.2 Å². The normalized spacial score (nSPS) is 11.0. The number of aromatic nitrogens is 2. The summed E-state index contributed by atoms with van der Waals surface area (Å²) in [6.45, 7) is 2.58. The van der Waals surface area contributed by atoms with Gasteiger partial charge in [0, 0.05) is 17.0 Å². The fraction of sp³-hybridized carbons (Fsp3) is 0.200. The van der Waals surface area contributed by atoms with Gasteiger partial charge in [-0.05, 0) is 30.2 Å². The van der Waals surface area contributed by atoms with Crippen molar-refractivity contribution in [3.8, 4) is 5.75 Å². The van der Waals surface area contributed by atoms with Gasteiger partial charge in [-0.15, -0.1) is 11.3 Å². The Bertz CT molecular complexity index is 788. The van der Waals surface area contributed by atoms with Crippen molar-refractivity contribution >= 4 is 39.0 Å². The molecule has 0 radical (unpaired) electrons. The number of anilines is 1. The number of aromatic hydroxyl groups is 1. The summed E-state index contributed by atoms with van der Waals surface area (Å²) >= 11 is 7.61. The number of benzene rings is 1. The number of nitrogens with one attached hydrogen (secondary N) is 1. The molecule has 0 saturated heterocycles. The van der Waals surface area contributed by atoms with Crippen molar-refractivity contribution in [2.45, 2.75) is 19.9 Å². The fourth-order valence-corrected chi connectivity index (χ4v) is 3.28. The molecule has 0 aliphatic rings. The van der Waals surface area contributed by atoms with Crippen LogP contribution in [-0.4, -0.2) is 15.1 Å². The Balaban J connectivity index is 1.93. The van der Waals surface area contributed by atoms with Crippen molar-refractivity contribution in [2.75, 3.05) is 5.32 Å². The number of rotatable bonds is 4. The minimum absolute atomic E-state index is 0.229. The molecule has 4 nitrogen and oxygen atoms in total. The molecule has 21 heavy (non-hydrogen) atoms. The molecule has 0 saturated carbocycles. The van der Waals surface area contributed by atoms with Gasteiger partial charge in [-0.1, -0.05) is 25.1 Å². The molecule has 3 rings (SSSR count). The maximum Gasteiger partial charge on any atom is 0.225 e. The van der Waals surface area contributed by atoms with Crippen LogP contribution in [0.2, 0.25) is 5.28 Å². The van der Waals surface area contributed by atoms with Crippen LogP contribution in [0.4, 0.5) is 5.82 Å². The summed E-state index contributed by atoms with van der Waals surface area (Å²) < 4.78 is 0. The molecule has 0 fully saturated rings. The molecule has 2 N–H and O–H groups in total. The number of hydrogen-bond donors (Lipinski definition) is 2. The molecule has 0 aliphatic heterocycles. The maximum atomic E-state index is 9.80. The van der Waals surface area contributed by atoms with Gasteiger partial charge in [0.25, 0.3) is 0 Å². The van der Waals surface area contributed by atoms with Crippen molar-refractivity contribution in [3.63, 3.8) is 0 Å². The number of aryl methyl sites for hydroxylation is 1.